The summed E-state index contributed by atoms with van der Waals surface area (Å²) in [5.74, 6) is 2.48. The van der Waals surface area contributed by atoms with E-state index in [0.29, 0.717) is 12.0 Å². The van der Waals surface area contributed by atoms with Gasteiger partial charge in [0.15, 0.2) is 5.16 Å². The van der Waals surface area contributed by atoms with Crippen LogP contribution in [0.1, 0.15) is 54.9 Å². The fourth-order valence-electron chi connectivity index (χ4n) is 3.81. The average molecular weight is 414 g/mol. The molecule has 28 heavy (non-hydrogen) atoms. The number of thioether (sulfide) groups is 1. The van der Waals surface area contributed by atoms with Gasteiger partial charge in [-0.3, -0.25) is 9.88 Å². The number of thiophene rings is 1. The largest absolute Gasteiger partial charge is 0.303 e. The minimum absolute atomic E-state index is 0.356. The summed E-state index contributed by atoms with van der Waals surface area (Å²) in [7, 11) is 0. The maximum absolute atomic E-state index is 4.66. The molecule has 1 aliphatic heterocycles. The lowest BCUT2D eigenvalue weighted by atomic mass is 9.97. The molecule has 5 nitrogen and oxygen atoms in total. The number of likely N-dealkylation sites (tertiary alicyclic amines) is 1. The number of piperidine rings is 1. The van der Waals surface area contributed by atoms with Crippen LogP contribution in [0.25, 0.3) is 0 Å². The van der Waals surface area contributed by atoms with Crippen molar-refractivity contribution in [3.8, 4) is 0 Å². The maximum atomic E-state index is 4.66. The van der Waals surface area contributed by atoms with E-state index in [0.717, 1.165) is 29.8 Å². The Labute approximate surface area is 175 Å². The highest BCUT2D eigenvalue weighted by molar-refractivity contribution is 7.98. The van der Waals surface area contributed by atoms with Crippen molar-refractivity contribution in [3.63, 3.8) is 0 Å². The first-order chi connectivity index (χ1) is 13.7. The molecule has 7 heteroatoms. The standard InChI is InChI=1S/C21H27N5S2/c1-16(2)26-20(23-24-21(26)28-15-17-6-3-9-22-12-17)18-7-4-10-25(13-18)14-19-8-5-11-27-19/h3,5-6,8-9,11-12,16,18H,4,7,10,13-15H2,1-2H3/t18-/m0/s1. The van der Waals surface area contributed by atoms with Crippen molar-refractivity contribution >= 4 is 23.1 Å². The van der Waals surface area contributed by atoms with Crippen LogP contribution < -0.4 is 0 Å². The molecule has 0 bridgehead atoms. The Hall–Kier alpha value is -1.70. The highest BCUT2D eigenvalue weighted by Crippen LogP contribution is 2.32. The first-order valence-electron chi connectivity index (χ1n) is 9.92. The number of hydrogen-bond acceptors (Lipinski definition) is 6. The van der Waals surface area contributed by atoms with Gasteiger partial charge in [-0.15, -0.1) is 21.5 Å². The third-order valence-corrected chi connectivity index (χ3v) is 7.00. The van der Waals surface area contributed by atoms with Gasteiger partial charge in [0.25, 0.3) is 0 Å². The van der Waals surface area contributed by atoms with E-state index < -0.39 is 0 Å². The predicted molar refractivity (Wildman–Crippen MR) is 116 cm³/mol. The Balaban J connectivity index is 1.48. The molecule has 4 rings (SSSR count). The summed E-state index contributed by atoms with van der Waals surface area (Å²) >= 11 is 3.60. The second-order valence-corrected chi connectivity index (χ2v) is 9.58. The van der Waals surface area contributed by atoms with Crippen molar-refractivity contribution in [2.75, 3.05) is 13.1 Å². The lowest BCUT2D eigenvalue weighted by molar-refractivity contribution is 0.195. The summed E-state index contributed by atoms with van der Waals surface area (Å²) in [6.45, 7) is 7.75. The van der Waals surface area contributed by atoms with Crippen molar-refractivity contribution in [3.05, 3.63) is 58.3 Å². The molecule has 0 radical (unpaired) electrons. The Kier molecular flexibility index (Phi) is 6.44. The van der Waals surface area contributed by atoms with E-state index in [1.807, 2.05) is 29.8 Å². The fourth-order valence-corrected chi connectivity index (χ4v) is 5.57. The van der Waals surface area contributed by atoms with Gasteiger partial charge in [0, 0.05) is 48.1 Å². The summed E-state index contributed by atoms with van der Waals surface area (Å²) < 4.78 is 2.35. The zero-order chi connectivity index (χ0) is 19.3. The van der Waals surface area contributed by atoms with Gasteiger partial charge in [-0.25, -0.2) is 0 Å². The molecule has 1 aliphatic rings. The molecule has 4 heterocycles. The smallest absolute Gasteiger partial charge is 0.191 e. The minimum Gasteiger partial charge on any atom is -0.303 e. The SMILES string of the molecule is CC(C)n1c(SCc2cccnc2)nnc1[C@H]1CCCN(Cc2cccs2)C1. The van der Waals surface area contributed by atoms with E-state index in [2.05, 4.69) is 62.1 Å². The molecule has 3 aromatic heterocycles. The summed E-state index contributed by atoms with van der Waals surface area (Å²) in [4.78, 5) is 8.23. The molecule has 0 aromatic carbocycles. The maximum Gasteiger partial charge on any atom is 0.191 e. The Morgan fingerprint density at radius 2 is 2.18 bits per heavy atom. The van der Waals surface area contributed by atoms with Crippen molar-refractivity contribution in [1.82, 2.24) is 24.6 Å². The normalized spacial score (nSPS) is 18.0. The molecule has 0 saturated carbocycles. The van der Waals surface area contributed by atoms with Gasteiger partial charge < -0.3 is 4.57 Å². The van der Waals surface area contributed by atoms with Crippen LogP contribution >= 0.6 is 23.1 Å². The van der Waals surface area contributed by atoms with E-state index in [-0.39, 0.29) is 0 Å². The van der Waals surface area contributed by atoms with Gasteiger partial charge in [-0.2, -0.15) is 0 Å². The van der Waals surface area contributed by atoms with Crippen LogP contribution in [0.4, 0.5) is 0 Å². The van der Waals surface area contributed by atoms with Gasteiger partial charge >= 0.3 is 0 Å². The van der Waals surface area contributed by atoms with Gasteiger partial charge in [0.05, 0.1) is 0 Å². The molecule has 1 atom stereocenters. The van der Waals surface area contributed by atoms with Crippen LogP contribution in [0.2, 0.25) is 0 Å². The molecule has 0 N–H and O–H groups in total. The molecule has 0 spiro atoms. The van der Waals surface area contributed by atoms with Crippen LogP contribution in [0.15, 0.2) is 47.2 Å². The number of nitrogens with zero attached hydrogens (tertiary/aromatic N) is 5. The number of hydrogen-bond donors (Lipinski definition) is 0. The van der Waals surface area contributed by atoms with Gasteiger partial charge in [0.1, 0.15) is 5.82 Å². The van der Waals surface area contributed by atoms with Crippen molar-refractivity contribution in [2.45, 2.75) is 56.1 Å². The molecule has 148 valence electrons. The minimum atomic E-state index is 0.356. The summed E-state index contributed by atoms with van der Waals surface area (Å²) in [5, 5.41) is 12.4. The highest BCUT2D eigenvalue weighted by Gasteiger charge is 2.28. The van der Waals surface area contributed by atoms with Gasteiger partial charge in [-0.1, -0.05) is 23.9 Å². The lowest BCUT2D eigenvalue weighted by Gasteiger charge is -2.32. The first-order valence-corrected chi connectivity index (χ1v) is 11.8. The van der Waals surface area contributed by atoms with Crippen molar-refractivity contribution < 1.29 is 0 Å². The van der Waals surface area contributed by atoms with E-state index in [9.17, 15) is 0 Å². The first kappa shape index (κ1) is 19.6. The summed E-state index contributed by atoms with van der Waals surface area (Å²) in [6, 6.07) is 8.83. The molecular weight excluding hydrogens is 386 g/mol. The molecular formula is C21H27N5S2. The number of rotatable bonds is 7. The molecule has 1 fully saturated rings. The van der Waals surface area contributed by atoms with Crippen LogP contribution in [0, 0.1) is 0 Å². The molecule has 0 amide bonds. The van der Waals surface area contributed by atoms with E-state index in [4.69, 9.17) is 0 Å². The summed E-state index contributed by atoms with van der Waals surface area (Å²) in [5.41, 5.74) is 1.21. The lowest BCUT2D eigenvalue weighted by Crippen LogP contribution is -2.34. The third kappa shape index (κ3) is 4.64. The monoisotopic (exact) mass is 413 g/mol. The quantitative estimate of drug-likeness (QED) is 0.511. The number of pyridine rings is 1. The topological polar surface area (TPSA) is 46.8 Å². The molecule has 3 aromatic rings. The zero-order valence-electron chi connectivity index (χ0n) is 16.5. The molecule has 0 unspecified atom stereocenters. The van der Waals surface area contributed by atoms with Crippen molar-refractivity contribution in [2.24, 2.45) is 0 Å². The highest BCUT2D eigenvalue weighted by atomic mass is 32.2. The van der Waals surface area contributed by atoms with Crippen LogP contribution in [0.5, 0.6) is 0 Å². The summed E-state index contributed by atoms with van der Waals surface area (Å²) in [6.07, 6.45) is 6.15. The Bertz CT molecular complexity index is 860. The number of aromatic nitrogens is 4. The van der Waals surface area contributed by atoms with E-state index in [1.165, 1.54) is 29.8 Å². The van der Waals surface area contributed by atoms with E-state index >= 15 is 0 Å². The fraction of sp³-hybridized carbons (Fsp3) is 0.476. The average Bonchev–Trinajstić information content (AvgIpc) is 3.37. The van der Waals surface area contributed by atoms with Crippen LogP contribution in [-0.4, -0.2) is 37.7 Å². The van der Waals surface area contributed by atoms with Crippen LogP contribution in [-0.2, 0) is 12.3 Å². The van der Waals surface area contributed by atoms with Crippen LogP contribution in [0.3, 0.4) is 0 Å². The molecule has 0 aliphatic carbocycles. The van der Waals surface area contributed by atoms with Gasteiger partial charge in [0.2, 0.25) is 0 Å². The second kappa shape index (κ2) is 9.20. The predicted octanol–water partition coefficient (Wildman–Crippen LogP) is 4.99. The van der Waals surface area contributed by atoms with E-state index in [1.54, 1.807) is 11.8 Å². The second-order valence-electron chi connectivity index (χ2n) is 7.61. The third-order valence-electron chi connectivity index (χ3n) is 5.13. The molecule has 1 saturated heterocycles. The van der Waals surface area contributed by atoms with Crippen molar-refractivity contribution in [1.29, 1.82) is 0 Å². The Morgan fingerprint density at radius 3 is 2.93 bits per heavy atom. The zero-order valence-corrected chi connectivity index (χ0v) is 18.1. The van der Waals surface area contributed by atoms with Gasteiger partial charge in [-0.05, 0) is 56.3 Å². The Morgan fingerprint density at radius 1 is 1.25 bits per heavy atom.